The molecule has 92 valence electrons. The standard InChI is InChI=1S/C13H18N2O2/c1-9-3-4-11(7-10(9)2)15-5-6-17-12(8-14)13(15)16/h3-4,7,12H,5-6,8,14H2,1-2H3. The first-order valence-corrected chi connectivity index (χ1v) is 5.84. The summed E-state index contributed by atoms with van der Waals surface area (Å²) in [6.45, 7) is 5.48. The lowest BCUT2D eigenvalue weighted by Crippen LogP contribution is -2.50. The summed E-state index contributed by atoms with van der Waals surface area (Å²) in [5.41, 5.74) is 8.86. The number of nitrogens with two attached hydrogens (primary N) is 1. The molecule has 4 nitrogen and oxygen atoms in total. The molecule has 1 aliphatic heterocycles. The van der Waals surface area contributed by atoms with Gasteiger partial charge in [-0.25, -0.2) is 0 Å². The van der Waals surface area contributed by atoms with E-state index in [0.717, 1.165) is 5.69 Å². The summed E-state index contributed by atoms with van der Waals surface area (Å²) >= 11 is 0. The van der Waals surface area contributed by atoms with E-state index >= 15 is 0 Å². The Kier molecular flexibility index (Phi) is 3.45. The lowest BCUT2D eigenvalue weighted by atomic mass is 10.1. The summed E-state index contributed by atoms with van der Waals surface area (Å²) in [4.78, 5) is 13.8. The van der Waals surface area contributed by atoms with Gasteiger partial charge in [0, 0.05) is 18.8 Å². The van der Waals surface area contributed by atoms with E-state index in [-0.39, 0.29) is 12.5 Å². The van der Waals surface area contributed by atoms with Crippen molar-refractivity contribution in [1.29, 1.82) is 0 Å². The molecule has 0 aliphatic carbocycles. The van der Waals surface area contributed by atoms with Gasteiger partial charge < -0.3 is 15.4 Å². The van der Waals surface area contributed by atoms with Gasteiger partial charge in [0.25, 0.3) is 5.91 Å². The van der Waals surface area contributed by atoms with Gasteiger partial charge in [0.15, 0.2) is 0 Å². The van der Waals surface area contributed by atoms with Crippen LogP contribution in [0.1, 0.15) is 11.1 Å². The molecule has 0 radical (unpaired) electrons. The van der Waals surface area contributed by atoms with Crippen LogP contribution in [0, 0.1) is 13.8 Å². The number of aryl methyl sites for hydroxylation is 2. The molecule has 1 aromatic carbocycles. The van der Waals surface area contributed by atoms with E-state index in [4.69, 9.17) is 10.5 Å². The van der Waals surface area contributed by atoms with E-state index < -0.39 is 6.10 Å². The minimum Gasteiger partial charge on any atom is -0.365 e. The van der Waals surface area contributed by atoms with Crippen LogP contribution >= 0.6 is 0 Å². The van der Waals surface area contributed by atoms with E-state index in [0.29, 0.717) is 13.2 Å². The fourth-order valence-corrected chi connectivity index (χ4v) is 1.96. The van der Waals surface area contributed by atoms with Crippen molar-refractivity contribution in [3.8, 4) is 0 Å². The molecule has 2 N–H and O–H groups in total. The molecule has 0 spiro atoms. The van der Waals surface area contributed by atoms with Crippen LogP contribution in [0.4, 0.5) is 5.69 Å². The number of rotatable bonds is 2. The lowest BCUT2D eigenvalue weighted by molar-refractivity contribution is -0.133. The maximum Gasteiger partial charge on any atom is 0.257 e. The molecular formula is C13H18N2O2. The van der Waals surface area contributed by atoms with Gasteiger partial charge in [0.1, 0.15) is 6.10 Å². The first-order valence-electron chi connectivity index (χ1n) is 5.84. The van der Waals surface area contributed by atoms with E-state index in [1.54, 1.807) is 4.90 Å². The predicted octanol–water partition coefficient (Wildman–Crippen LogP) is 0.994. The van der Waals surface area contributed by atoms with Crippen molar-refractivity contribution < 1.29 is 9.53 Å². The molecule has 17 heavy (non-hydrogen) atoms. The van der Waals surface area contributed by atoms with Gasteiger partial charge in [-0.2, -0.15) is 0 Å². The second kappa shape index (κ2) is 4.85. The second-order valence-corrected chi connectivity index (χ2v) is 4.35. The Hall–Kier alpha value is -1.39. The number of hydrogen-bond acceptors (Lipinski definition) is 3. The number of morpholine rings is 1. The van der Waals surface area contributed by atoms with Crippen molar-refractivity contribution >= 4 is 11.6 Å². The highest BCUT2D eigenvalue weighted by molar-refractivity contribution is 5.97. The number of carbonyl (C=O) groups excluding carboxylic acids is 1. The Morgan fingerprint density at radius 2 is 2.18 bits per heavy atom. The van der Waals surface area contributed by atoms with Gasteiger partial charge in [0.05, 0.1) is 6.61 Å². The quantitative estimate of drug-likeness (QED) is 0.830. The van der Waals surface area contributed by atoms with Crippen molar-refractivity contribution in [3.05, 3.63) is 29.3 Å². The fourth-order valence-electron chi connectivity index (χ4n) is 1.96. The van der Waals surface area contributed by atoms with Crippen LogP contribution in [0.5, 0.6) is 0 Å². The van der Waals surface area contributed by atoms with Crippen LogP contribution in [-0.4, -0.2) is 31.7 Å². The molecule has 0 saturated carbocycles. The molecule has 1 fully saturated rings. The molecular weight excluding hydrogens is 216 g/mol. The molecule has 0 bridgehead atoms. The highest BCUT2D eigenvalue weighted by atomic mass is 16.5. The van der Waals surface area contributed by atoms with Crippen molar-refractivity contribution in [2.45, 2.75) is 20.0 Å². The zero-order chi connectivity index (χ0) is 12.4. The fraction of sp³-hybridized carbons (Fsp3) is 0.462. The van der Waals surface area contributed by atoms with Crippen molar-refractivity contribution in [2.24, 2.45) is 5.73 Å². The minimum atomic E-state index is -0.495. The van der Waals surface area contributed by atoms with Crippen LogP contribution in [0.2, 0.25) is 0 Å². The topological polar surface area (TPSA) is 55.6 Å². The minimum absolute atomic E-state index is 0.0398. The normalized spacial score (nSPS) is 20.8. The Balaban J connectivity index is 2.26. The summed E-state index contributed by atoms with van der Waals surface area (Å²) < 4.78 is 5.33. The SMILES string of the molecule is Cc1ccc(N2CCOC(CN)C2=O)cc1C. The summed E-state index contributed by atoms with van der Waals surface area (Å²) in [7, 11) is 0. The number of benzene rings is 1. The smallest absolute Gasteiger partial charge is 0.257 e. The molecule has 1 amide bonds. The maximum absolute atomic E-state index is 12.1. The molecule has 1 unspecified atom stereocenters. The first kappa shape index (κ1) is 12.1. The molecule has 0 aromatic heterocycles. The maximum atomic E-state index is 12.1. The second-order valence-electron chi connectivity index (χ2n) is 4.35. The molecule has 1 atom stereocenters. The largest absolute Gasteiger partial charge is 0.365 e. The third-order valence-electron chi connectivity index (χ3n) is 3.19. The monoisotopic (exact) mass is 234 g/mol. The summed E-state index contributed by atoms with van der Waals surface area (Å²) in [6.07, 6.45) is -0.495. The van der Waals surface area contributed by atoms with Gasteiger partial charge in [0.2, 0.25) is 0 Å². The van der Waals surface area contributed by atoms with Crippen molar-refractivity contribution in [1.82, 2.24) is 0 Å². The zero-order valence-corrected chi connectivity index (χ0v) is 10.3. The molecule has 4 heteroatoms. The third kappa shape index (κ3) is 2.33. The number of ether oxygens (including phenoxy) is 1. The van der Waals surface area contributed by atoms with Crippen LogP contribution in [0.15, 0.2) is 18.2 Å². The molecule has 2 rings (SSSR count). The average Bonchev–Trinajstić information content (AvgIpc) is 2.33. The van der Waals surface area contributed by atoms with Crippen molar-refractivity contribution in [3.63, 3.8) is 0 Å². The number of anilines is 1. The molecule has 1 aromatic rings. The Morgan fingerprint density at radius 1 is 1.41 bits per heavy atom. The van der Waals surface area contributed by atoms with Gasteiger partial charge in [-0.05, 0) is 37.1 Å². The highest BCUT2D eigenvalue weighted by Crippen LogP contribution is 2.21. The zero-order valence-electron chi connectivity index (χ0n) is 10.3. The third-order valence-corrected chi connectivity index (χ3v) is 3.19. The van der Waals surface area contributed by atoms with Gasteiger partial charge in [-0.3, -0.25) is 4.79 Å². The van der Waals surface area contributed by atoms with E-state index in [9.17, 15) is 4.79 Å². The molecule has 1 aliphatic rings. The average molecular weight is 234 g/mol. The summed E-state index contributed by atoms with van der Waals surface area (Å²) in [6, 6.07) is 6.04. The van der Waals surface area contributed by atoms with Crippen LogP contribution < -0.4 is 10.6 Å². The van der Waals surface area contributed by atoms with E-state index in [1.165, 1.54) is 11.1 Å². The predicted molar refractivity (Wildman–Crippen MR) is 67.1 cm³/mol. The van der Waals surface area contributed by atoms with Crippen LogP contribution in [-0.2, 0) is 9.53 Å². The Morgan fingerprint density at radius 3 is 2.82 bits per heavy atom. The number of amides is 1. The summed E-state index contributed by atoms with van der Waals surface area (Å²) in [5, 5.41) is 0. The van der Waals surface area contributed by atoms with E-state index in [2.05, 4.69) is 6.92 Å². The number of hydrogen-bond donors (Lipinski definition) is 1. The van der Waals surface area contributed by atoms with Crippen molar-refractivity contribution in [2.75, 3.05) is 24.6 Å². The lowest BCUT2D eigenvalue weighted by Gasteiger charge is -2.32. The van der Waals surface area contributed by atoms with Gasteiger partial charge >= 0.3 is 0 Å². The number of carbonyl (C=O) groups is 1. The molecule has 1 heterocycles. The van der Waals surface area contributed by atoms with E-state index in [1.807, 2.05) is 25.1 Å². The molecule has 1 saturated heterocycles. The highest BCUT2D eigenvalue weighted by Gasteiger charge is 2.29. The summed E-state index contributed by atoms with van der Waals surface area (Å²) in [5.74, 6) is -0.0398. The number of nitrogens with zero attached hydrogens (tertiary/aromatic N) is 1. The Labute approximate surface area is 101 Å². The van der Waals surface area contributed by atoms with Gasteiger partial charge in [-0.1, -0.05) is 6.07 Å². The van der Waals surface area contributed by atoms with Gasteiger partial charge in [-0.15, -0.1) is 0 Å². The first-order chi connectivity index (χ1) is 8.13. The van der Waals surface area contributed by atoms with Crippen LogP contribution in [0.3, 0.4) is 0 Å². The Bertz CT molecular complexity index is 431. The van der Waals surface area contributed by atoms with Crippen LogP contribution in [0.25, 0.3) is 0 Å².